The summed E-state index contributed by atoms with van der Waals surface area (Å²) in [7, 11) is 0. The van der Waals surface area contributed by atoms with Crippen LogP contribution in [0.25, 0.3) is 0 Å². The van der Waals surface area contributed by atoms with Crippen molar-refractivity contribution in [3.05, 3.63) is 46.0 Å². The van der Waals surface area contributed by atoms with Crippen molar-refractivity contribution in [3.63, 3.8) is 0 Å². The highest BCUT2D eigenvalue weighted by molar-refractivity contribution is 5.87. The Morgan fingerprint density at radius 3 is 2.58 bits per heavy atom. The van der Waals surface area contributed by atoms with Gasteiger partial charge in [0.1, 0.15) is 17.9 Å². The molecule has 2 N–H and O–H groups in total. The number of nitro groups is 1. The highest BCUT2D eigenvalue weighted by atomic mass is 16.7. The minimum absolute atomic E-state index is 0.175. The van der Waals surface area contributed by atoms with Crippen LogP contribution < -0.4 is 0 Å². The summed E-state index contributed by atoms with van der Waals surface area (Å²) in [5, 5.41) is 34.5. The van der Waals surface area contributed by atoms with Crippen LogP contribution in [-0.4, -0.2) is 39.1 Å². The van der Waals surface area contributed by atoms with Crippen LogP contribution in [0.5, 0.6) is 0 Å². The number of oxime groups is 1. The van der Waals surface area contributed by atoms with E-state index in [9.17, 15) is 20.3 Å². The first kappa shape index (κ1) is 13.4. The summed E-state index contributed by atoms with van der Waals surface area (Å²) < 4.78 is 0. The molecule has 102 valence electrons. The van der Waals surface area contributed by atoms with Gasteiger partial charge in [-0.25, -0.2) is 0 Å². The van der Waals surface area contributed by atoms with Gasteiger partial charge in [-0.05, 0) is 12.5 Å². The summed E-state index contributed by atoms with van der Waals surface area (Å²) in [6.45, 7) is 1.45. The molecular weight excluding hydrogens is 252 g/mol. The standard InChI is InChI=1S/C12H14N2O5/c1-7-9(14(17)18)12(19-13-7)11(16)10(15)8-5-3-2-4-6-8/h2-6,9-12,15-16H,1H3/t9-,10-,11+,12-/m1/s1. The maximum Gasteiger partial charge on any atom is 0.295 e. The van der Waals surface area contributed by atoms with Gasteiger partial charge in [-0.15, -0.1) is 0 Å². The molecule has 0 saturated heterocycles. The van der Waals surface area contributed by atoms with E-state index in [0.29, 0.717) is 5.56 Å². The third-order valence-corrected chi connectivity index (χ3v) is 3.09. The fourth-order valence-corrected chi connectivity index (χ4v) is 2.04. The number of benzene rings is 1. The van der Waals surface area contributed by atoms with Gasteiger partial charge in [-0.2, -0.15) is 0 Å². The Labute approximate surface area is 109 Å². The first-order valence-corrected chi connectivity index (χ1v) is 5.77. The molecule has 1 aliphatic rings. The van der Waals surface area contributed by atoms with Gasteiger partial charge in [-0.3, -0.25) is 10.1 Å². The van der Waals surface area contributed by atoms with Crippen molar-refractivity contribution in [2.45, 2.75) is 31.3 Å². The first-order valence-electron chi connectivity index (χ1n) is 5.77. The molecule has 0 aliphatic carbocycles. The minimum Gasteiger partial charge on any atom is -0.386 e. The summed E-state index contributed by atoms with van der Waals surface area (Å²) in [4.78, 5) is 15.2. The summed E-state index contributed by atoms with van der Waals surface area (Å²) in [6.07, 6.45) is -3.89. The monoisotopic (exact) mass is 266 g/mol. The first-order chi connectivity index (χ1) is 9.02. The summed E-state index contributed by atoms with van der Waals surface area (Å²) in [6, 6.07) is 7.17. The Morgan fingerprint density at radius 2 is 2.00 bits per heavy atom. The van der Waals surface area contributed by atoms with Crippen molar-refractivity contribution < 1.29 is 20.0 Å². The van der Waals surface area contributed by atoms with Crippen LogP contribution >= 0.6 is 0 Å². The van der Waals surface area contributed by atoms with E-state index < -0.39 is 29.3 Å². The van der Waals surface area contributed by atoms with Crippen molar-refractivity contribution >= 4 is 5.71 Å². The van der Waals surface area contributed by atoms with E-state index >= 15 is 0 Å². The molecule has 2 rings (SSSR count). The number of aliphatic hydroxyl groups is 2. The smallest absolute Gasteiger partial charge is 0.295 e. The Bertz CT molecular complexity index is 490. The lowest BCUT2D eigenvalue weighted by molar-refractivity contribution is -0.514. The second-order valence-corrected chi connectivity index (χ2v) is 4.38. The summed E-state index contributed by atoms with van der Waals surface area (Å²) >= 11 is 0. The molecule has 0 bridgehead atoms. The molecule has 1 heterocycles. The Kier molecular flexibility index (Phi) is 3.77. The number of nitrogens with zero attached hydrogens (tertiary/aromatic N) is 2. The molecule has 1 aromatic carbocycles. The molecule has 0 fully saturated rings. The van der Waals surface area contributed by atoms with Crippen molar-refractivity contribution in [1.82, 2.24) is 0 Å². The quantitative estimate of drug-likeness (QED) is 0.610. The van der Waals surface area contributed by atoms with Crippen LogP contribution in [0.15, 0.2) is 35.5 Å². The molecule has 0 radical (unpaired) electrons. The molecule has 0 saturated carbocycles. The third kappa shape index (κ3) is 2.56. The molecule has 1 aromatic rings. The van der Waals surface area contributed by atoms with Crippen LogP contribution in [0.3, 0.4) is 0 Å². The maximum atomic E-state index is 10.9. The Hall–Kier alpha value is -1.99. The number of hydrogen-bond acceptors (Lipinski definition) is 6. The van der Waals surface area contributed by atoms with E-state index in [-0.39, 0.29) is 5.71 Å². The average Bonchev–Trinajstić information content (AvgIpc) is 2.80. The maximum absolute atomic E-state index is 10.9. The lowest BCUT2D eigenvalue weighted by Crippen LogP contribution is -2.45. The van der Waals surface area contributed by atoms with Crippen molar-refractivity contribution in [2.24, 2.45) is 5.16 Å². The Balaban J connectivity index is 2.16. The molecule has 1 aliphatic heterocycles. The molecule has 0 aromatic heterocycles. The molecule has 0 spiro atoms. The van der Waals surface area contributed by atoms with Gasteiger partial charge in [0.25, 0.3) is 6.04 Å². The van der Waals surface area contributed by atoms with E-state index in [0.717, 1.165) is 0 Å². The zero-order valence-electron chi connectivity index (χ0n) is 10.2. The third-order valence-electron chi connectivity index (χ3n) is 3.09. The normalized spacial score (nSPS) is 25.3. The van der Waals surface area contributed by atoms with Gasteiger partial charge < -0.3 is 15.1 Å². The lowest BCUT2D eigenvalue weighted by Gasteiger charge is -2.23. The molecule has 19 heavy (non-hydrogen) atoms. The van der Waals surface area contributed by atoms with E-state index in [1.807, 2.05) is 0 Å². The van der Waals surface area contributed by atoms with Crippen LogP contribution in [0.2, 0.25) is 0 Å². The predicted octanol–water partition coefficient (Wildman–Crippen LogP) is 0.501. The number of aliphatic hydroxyl groups excluding tert-OH is 2. The average molecular weight is 266 g/mol. The van der Waals surface area contributed by atoms with Crippen LogP contribution in [0, 0.1) is 10.1 Å². The van der Waals surface area contributed by atoms with Crippen LogP contribution in [0.1, 0.15) is 18.6 Å². The van der Waals surface area contributed by atoms with Crippen LogP contribution in [0.4, 0.5) is 0 Å². The largest absolute Gasteiger partial charge is 0.386 e. The fraction of sp³-hybridized carbons (Fsp3) is 0.417. The van der Waals surface area contributed by atoms with Gasteiger partial charge in [0.2, 0.25) is 6.10 Å². The van der Waals surface area contributed by atoms with Crippen molar-refractivity contribution in [3.8, 4) is 0 Å². The molecule has 7 nitrogen and oxygen atoms in total. The second kappa shape index (κ2) is 5.33. The lowest BCUT2D eigenvalue weighted by atomic mass is 9.95. The molecule has 0 unspecified atom stereocenters. The van der Waals surface area contributed by atoms with Gasteiger partial charge in [0.15, 0.2) is 0 Å². The van der Waals surface area contributed by atoms with Gasteiger partial charge >= 0.3 is 0 Å². The zero-order chi connectivity index (χ0) is 14.0. The van der Waals surface area contributed by atoms with E-state index in [2.05, 4.69) is 5.16 Å². The van der Waals surface area contributed by atoms with Crippen molar-refractivity contribution in [2.75, 3.05) is 0 Å². The summed E-state index contributed by atoms with van der Waals surface area (Å²) in [5.74, 6) is 0. The van der Waals surface area contributed by atoms with E-state index in [1.54, 1.807) is 30.3 Å². The predicted molar refractivity (Wildman–Crippen MR) is 66.2 cm³/mol. The zero-order valence-corrected chi connectivity index (χ0v) is 10.2. The van der Waals surface area contributed by atoms with E-state index in [4.69, 9.17) is 4.84 Å². The van der Waals surface area contributed by atoms with Crippen molar-refractivity contribution in [1.29, 1.82) is 0 Å². The molecular formula is C12H14N2O5. The summed E-state index contributed by atoms with van der Waals surface area (Å²) in [5.41, 5.74) is 0.638. The SMILES string of the molecule is CC1=NO[C@@H]([C@@H](O)[C@H](O)c2ccccc2)[C@@H]1[N+](=O)[O-]. The van der Waals surface area contributed by atoms with Gasteiger partial charge in [0.05, 0.1) is 0 Å². The van der Waals surface area contributed by atoms with Gasteiger partial charge in [-0.1, -0.05) is 35.5 Å². The highest BCUT2D eigenvalue weighted by Gasteiger charge is 2.48. The Morgan fingerprint density at radius 1 is 1.37 bits per heavy atom. The van der Waals surface area contributed by atoms with E-state index in [1.165, 1.54) is 6.92 Å². The van der Waals surface area contributed by atoms with Crippen LogP contribution in [-0.2, 0) is 4.84 Å². The highest BCUT2D eigenvalue weighted by Crippen LogP contribution is 2.26. The van der Waals surface area contributed by atoms with Gasteiger partial charge in [0, 0.05) is 4.92 Å². The number of hydrogen-bond donors (Lipinski definition) is 2. The molecule has 7 heteroatoms. The molecule has 4 atom stereocenters. The minimum atomic E-state index is -1.43. The fourth-order valence-electron chi connectivity index (χ4n) is 2.04. The second-order valence-electron chi connectivity index (χ2n) is 4.38. The topological polar surface area (TPSA) is 105 Å². The number of rotatable bonds is 4. The molecule has 0 amide bonds.